The molecule has 0 bridgehead atoms. The van der Waals surface area contributed by atoms with Crippen molar-refractivity contribution in [2.45, 2.75) is 26.2 Å². The highest BCUT2D eigenvalue weighted by Crippen LogP contribution is 2.23. The predicted molar refractivity (Wildman–Crippen MR) is 93.6 cm³/mol. The normalized spacial score (nSPS) is 16.0. The lowest BCUT2D eigenvalue weighted by Crippen LogP contribution is -3.15. The van der Waals surface area contributed by atoms with Crippen molar-refractivity contribution < 1.29 is 14.2 Å². The maximum atomic E-state index is 12.2. The number of aromatic nitrogens is 3. The van der Waals surface area contributed by atoms with Gasteiger partial charge in [0.15, 0.2) is 6.54 Å². The highest BCUT2D eigenvalue weighted by molar-refractivity contribution is 5.90. The van der Waals surface area contributed by atoms with Crippen LogP contribution >= 0.6 is 0 Å². The zero-order valence-electron chi connectivity index (χ0n) is 15.0. The number of nitrogens with zero attached hydrogens (tertiary/aromatic N) is 4. The molecule has 0 unspecified atom stereocenters. The first-order valence-electron chi connectivity index (χ1n) is 8.54. The summed E-state index contributed by atoms with van der Waals surface area (Å²) in [6.07, 6.45) is 3.50. The average molecular weight is 345 g/mol. The molecule has 0 saturated carbocycles. The van der Waals surface area contributed by atoms with Gasteiger partial charge in [0.1, 0.15) is 0 Å². The van der Waals surface area contributed by atoms with E-state index in [1.54, 1.807) is 18.5 Å². The van der Waals surface area contributed by atoms with Gasteiger partial charge in [0.25, 0.3) is 5.91 Å². The van der Waals surface area contributed by atoms with E-state index < -0.39 is 0 Å². The van der Waals surface area contributed by atoms with Gasteiger partial charge in [0.05, 0.1) is 31.9 Å². The Morgan fingerprint density at radius 2 is 1.96 bits per heavy atom. The Bertz CT molecular complexity index is 701. The molecule has 134 valence electrons. The maximum Gasteiger partial charge on any atom is 0.281 e. The number of rotatable bonds is 4. The fourth-order valence-corrected chi connectivity index (χ4v) is 2.75. The van der Waals surface area contributed by atoms with Crippen LogP contribution in [-0.2, 0) is 10.2 Å². The Morgan fingerprint density at radius 1 is 1.28 bits per heavy atom. The summed E-state index contributed by atoms with van der Waals surface area (Å²) in [6.45, 7) is 9.98. The Balaban J connectivity index is 1.47. The van der Waals surface area contributed by atoms with Crippen molar-refractivity contribution in [3.8, 4) is 0 Å². The smallest absolute Gasteiger partial charge is 0.281 e. The number of quaternary nitrogens is 1. The Kier molecular flexibility index (Phi) is 4.98. The van der Waals surface area contributed by atoms with Gasteiger partial charge >= 0.3 is 0 Å². The van der Waals surface area contributed by atoms with Gasteiger partial charge in [-0.05, 0) is 6.07 Å². The summed E-state index contributed by atoms with van der Waals surface area (Å²) in [5, 5.41) is 6.81. The van der Waals surface area contributed by atoms with Gasteiger partial charge in [-0.25, -0.2) is 9.97 Å². The van der Waals surface area contributed by atoms with Gasteiger partial charge in [-0.1, -0.05) is 25.9 Å². The quantitative estimate of drug-likeness (QED) is 0.817. The molecule has 1 amide bonds. The number of anilines is 2. The second-order valence-corrected chi connectivity index (χ2v) is 7.34. The molecule has 0 spiro atoms. The predicted octanol–water partition coefficient (Wildman–Crippen LogP) is 0.106. The lowest BCUT2D eigenvalue weighted by Gasteiger charge is -2.31. The van der Waals surface area contributed by atoms with Gasteiger partial charge in [-0.2, -0.15) is 0 Å². The molecule has 0 radical (unpaired) electrons. The molecule has 3 heterocycles. The number of carbonyl (C=O) groups excluding carboxylic acids is 1. The molecular weight excluding hydrogens is 320 g/mol. The highest BCUT2D eigenvalue weighted by Gasteiger charge is 2.24. The number of carbonyl (C=O) groups is 1. The molecule has 1 saturated heterocycles. The molecule has 0 aliphatic carbocycles. The van der Waals surface area contributed by atoms with E-state index in [1.165, 1.54) is 4.90 Å². The zero-order valence-corrected chi connectivity index (χ0v) is 15.0. The number of hydrogen-bond donors (Lipinski definition) is 2. The van der Waals surface area contributed by atoms with Crippen LogP contribution < -0.4 is 15.1 Å². The highest BCUT2D eigenvalue weighted by atomic mass is 16.5. The van der Waals surface area contributed by atoms with Gasteiger partial charge in [0, 0.05) is 23.9 Å². The largest absolute Gasteiger partial charge is 0.338 e. The molecule has 3 rings (SSSR count). The number of hydrogen-bond acceptors (Lipinski definition) is 6. The van der Waals surface area contributed by atoms with Gasteiger partial charge in [-0.3, -0.25) is 10.1 Å². The van der Waals surface area contributed by atoms with E-state index in [9.17, 15) is 4.79 Å². The first-order chi connectivity index (χ1) is 11.9. The minimum absolute atomic E-state index is 0.0592. The molecule has 2 aromatic heterocycles. The van der Waals surface area contributed by atoms with Crippen molar-refractivity contribution in [2.75, 3.05) is 42.9 Å². The third-order valence-electron chi connectivity index (χ3n) is 4.26. The van der Waals surface area contributed by atoms with E-state index in [2.05, 4.69) is 46.1 Å². The Hall–Kier alpha value is -2.48. The Labute approximate surface area is 147 Å². The standard InChI is InChI=1S/C17H24N6O2/c1-17(2,3)13-11-15(25-21-13)20-14(24)12-22-7-9-23(10-8-22)16-18-5-4-6-19-16/h4-6,11H,7-10,12H2,1-3H3,(H,20,24)/p+1. The summed E-state index contributed by atoms with van der Waals surface area (Å²) >= 11 is 0. The van der Waals surface area contributed by atoms with E-state index in [-0.39, 0.29) is 11.3 Å². The second-order valence-electron chi connectivity index (χ2n) is 7.34. The van der Waals surface area contributed by atoms with Crippen LogP contribution in [0.2, 0.25) is 0 Å². The molecule has 25 heavy (non-hydrogen) atoms. The van der Waals surface area contributed by atoms with Crippen molar-refractivity contribution in [1.82, 2.24) is 15.1 Å². The topological polar surface area (TPSA) is 88.6 Å². The maximum absolute atomic E-state index is 12.2. The lowest BCUT2D eigenvalue weighted by molar-refractivity contribution is -0.892. The van der Waals surface area contributed by atoms with Crippen LogP contribution in [0.25, 0.3) is 0 Å². The van der Waals surface area contributed by atoms with E-state index >= 15 is 0 Å². The Morgan fingerprint density at radius 3 is 2.56 bits per heavy atom. The molecular formula is C17H25N6O2+. The summed E-state index contributed by atoms with van der Waals surface area (Å²) in [7, 11) is 0. The van der Waals surface area contributed by atoms with Crippen molar-refractivity contribution in [3.63, 3.8) is 0 Å². The number of nitrogens with one attached hydrogen (secondary N) is 2. The monoisotopic (exact) mass is 345 g/mol. The van der Waals surface area contributed by atoms with E-state index in [4.69, 9.17) is 4.52 Å². The summed E-state index contributed by atoms with van der Waals surface area (Å²) in [5.74, 6) is 1.10. The molecule has 8 nitrogen and oxygen atoms in total. The molecule has 1 fully saturated rings. The van der Waals surface area contributed by atoms with Crippen molar-refractivity contribution in [3.05, 3.63) is 30.2 Å². The van der Waals surface area contributed by atoms with Crippen LogP contribution in [0.4, 0.5) is 11.8 Å². The first-order valence-corrected chi connectivity index (χ1v) is 8.54. The van der Waals surface area contributed by atoms with E-state index in [0.29, 0.717) is 12.4 Å². The summed E-state index contributed by atoms with van der Waals surface area (Å²) in [4.78, 5) is 24.2. The molecule has 0 atom stereocenters. The fraction of sp³-hybridized carbons (Fsp3) is 0.529. The van der Waals surface area contributed by atoms with Crippen LogP contribution in [0.3, 0.4) is 0 Å². The third-order valence-corrected chi connectivity index (χ3v) is 4.26. The van der Waals surface area contributed by atoms with E-state index in [1.807, 2.05) is 6.07 Å². The van der Waals surface area contributed by atoms with Crippen LogP contribution in [-0.4, -0.2) is 53.8 Å². The van der Waals surface area contributed by atoms with Crippen molar-refractivity contribution in [2.24, 2.45) is 0 Å². The fourth-order valence-electron chi connectivity index (χ4n) is 2.75. The molecule has 1 aliphatic rings. The zero-order chi connectivity index (χ0) is 17.9. The minimum atomic E-state index is -0.104. The SMILES string of the molecule is CC(C)(C)c1cc(NC(=O)C[NH+]2CCN(c3ncccn3)CC2)on1. The molecule has 2 aromatic rings. The molecule has 2 N–H and O–H groups in total. The van der Waals surface area contributed by atoms with Crippen LogP contribution in [0.15, 0.2) is 29.0 Å². The summed E-state index contributed by atoms with van der Waals surface area (Å²) in [5.41, 5.74) is 0.722. The number of amides is 1. The van der Waals surface area contributed by atoms with Crippen LogP contribution in [0, 0.1) is 0 Å². The van der Waals surface area contributed by atoms with Crippen LogP contribution in [0.5, 0.6) is 0 Å². The third kappa shape index (κ3) is 4.54. The van der Waals surface area contributed by atoms with Crippen LogP contribution in [0.1, 0.15) is 26.5 Å². The molecule has 8 heteroatoms. The van der Waals surface area contributed by atoms with Crippen molar-refractivity contribution in [1.29, 1.82) is 0 Å². The first kappa shape index (κ1) is 17.3. The van der Waals surface area contributed by atoms with Gasteiger partial charge in [-0.15, -0.1) is 0 Å². The number of piperazine rings is 1. The van der Waals surface area contributed by atoms with Crippen molar-refractivity contribution >= 4 is 17.7 Å². The second kappa shape index (κ2) is 7.18. The molecule has 0 aromatic carbocycles. The van der Waals surface area contributed by atoms with Gasteiger partial charge < -0.3 is 14.3 Å². The van der Waals surface area contributed by atoms with Gasteiger partial charge in [0.2, 0.25) is 11.8 Å². The lowest BCUT2D eigenvalue weighted by atomic mass is 9.92. The van der Waals surface area contributed by atoms with E-state index in [0.717, 1.165) is 37.8 Å². The summed E-state index contributed by atoms with van der Waals surface area (Å²) < 4.78 is 5.21. The molecule has 1 aliphatic heterocycles. The summed E-state index contributed by atoms with van der Waals surface area (Å²) in [6, 6.07) is 3.60. The average Bonchev–Trinajstić information content (AvgIpc) is 3.05. The minimum Gasteiger partial charge on any atom is -0.338 e.